The molecule has 1 fully saturated rings. The molecule has 14 heteroatoms. The fourth-order valence-corrected chi connectivity index (χ4v) is 8.84. The topological polar surface area (TPSA) is 110 Å². The third-order valence-corrected chi connectivity index (χ3v) is 21.0. The minimum absolute atomic E-state index is 0.224. The minimum atomic E-state index is -2.86. The van der Waals surface area contributed by atoms with Crippen LogP contribution in [0.2, 0.25) is 36.3 Å². The van der Waals surface area contributed by atoms with Crippen molar-refractivity contribution in [3.63, 3.8) is 0 Å². The molecule has 0 saturated carbocycles. The average Bonchev–Trinajstić information content (AvgIpc) is 3.42. The maximum absolute atomic E-state index is 17.7. The molecule has 310 valence electrons. The van der Waals surface area contributed by atoms with Crippen LogP contribution in [0.3, 0.4) is 0 Å². The van der Waals surface area contributed by atoms with Crippen molar-refractivity contribution in [1.82, 2.24) is 9.55 Å². The first kappa shape index (κ1) is 44.2. The molecule has 1 aliphatic heterocycles. The maximum atomic E-state index is 17.7. The summed E-state index contributed by atoms with van der Waals surface area (Å²) >= 11 is 0. The lowest BCUT2D eigenvalue weighted by atomic mass is 9.79. The summed E-state index contributed by atoms with van der Waals surface area (Å²) in [6, 6.07) is 24.6. The first-order chi connectivity index (χ1) is 26.5. The predicted molar refractivity (Wildman–Crippen MR) is 223 cm³/mol. The van der Waals surface area contributed by atoms with Gasteiger partial charge in [-0.25, -0.2) is 13.8 Å². The number of hydrogen-bond acceptors (Lipinski definition) is 8. The molecule has 0 radical (unpaired) electrons. The van der Waals surface area contributed by atoms with Crippen LogP contribution < -0.4 is 20.7 Å². The van der Waals surface area contributed by atoms with Gasteiger partial charge in [-0.05, 0) is 77.2 Å². The highest BCUT2D eigenvalue weighted by atomic mass is 28.4. The van der Waals surface area contributed by atoms with Gasteiger partial charge in [-0.3, -0.25) is 4.79 Å². The average molecular weight is 825 g/mol. The molecule has 0 aliphatic carbocycles. The standard InChI is InChI=1S/C43H58F2N2O8Si2/c1-40(2,3)56(9,10)53-28-42(36(55-57(11,12)41(4,5)6)35(45)38(54-42)47-37(48)34(44)26-46-39(47)49)27-52-43(29-16-14-13-15-17-29,30-18-22-32(50-7)23-19-30)31-20-24-33(51-8)25-21-31/h13-26,35-36,38H,27-28H2,1-12H3,(H,46,49)/t35-,36-,38+,42+/m0/s1. The van der Waals surface area contributed by atoms with Crippen molar-refractivity contribution >= 4 is 16.6 Å². The number of alkyl halides is 1. The fraction of sp³-hybridized carbons (Fsp3) is 0.488. The van der Waals surface area contributed by atoms with Crippen LogP contribution >= 0.6 is 0 Å². The van der Waals surface area contributed by atoms with Crippen LogP contribution in [0.15, 0.2) is 94.6 Å². The molecular formula is C43H58F2N2O8Si2. The van der Waals surface area contributed by atoms with E-state index in [1.807, 2.05) is 113 Å². The zero-order valence-corrected chi connectivity index (χ0v) is 37.2. The number of halogens is 2. The second-order valence-electron chi connectivity index (χ2n) is 17.8. The quantitative estimate of drug-likeness (QED) is 0.0994. The van der Waals surface area contributed by atoms with E-state index in [1.165, 1.54) is 0 Å². The maximum Gasteiger partial charge on any atom is 0.330 e. The summed E-state index contributed by atoms with van der Waals surface area (Å²) in [6.07, 6.45) is -4.78. The lowest BCUT2D eigenvalue weighted by molar-refractivity contribution is -0.174. The molecule has 1 saturated heterocycles. The van der Waals surface area contributed by atoms with Crippen molar-refractivity contribution in [2.45, 2.75) is 108 Å². The second kappa shape index (κ2) is 16.4. The monoisotopic (exact) mass is 824 g/mol. The van der Waals surface area contributed by atoms with Crippen LogP contribution in [0.5, 0.6) is 11.5 Å². The highest BCUT2D eigenvalue weighted by Crippen LogP contribution is 2.49. The molecule has 1 aliphatic rings. The van der Waals surface area contributed by atoms with E-state index in [9.17, 15) is 14.0 Å². The first-order valence-electron chi connectivity index (χ1n) is 19.2. The number of hydrogen-bond donors (Lipinski definition) is 1. The summed E-state index contributed by atoms with van der Waals surface area (Å²) < 4.78 is 72.1. The van der Waals surface area contributed by atoms with Gasteiger partial charge < -0.3 is 32.8 Å². The van der Waals surface area contributed by atoms with Gasteiger partial charge in [-0.2, -0.15) is 4.39 Å². The lowest BCUT2D eigenvalue weighted by Gasteiger charge is -2.46. The van der Waals surface area contributed by atoms with Gasteiger partial charge in [0.05, 0.1) is 27.4 Å². The Morgan fingerprint density at radius 3 is 1.72 bits per heavy atom. The number of H-pyrrole nitrogens is 1. The zero-order chi connectivity index (χ0) is 42.2. The summed E-state index contributed by atoms with van der Waals surface area (Å²) in [6.45, 7) is 19.9. The molecule has 3 aromatic carbocycles. The normalized spacial score (nSPS) is 20.8. The Labute approximate surface area is 336 Å². The molecule has 1 N–H and O–H groups in total. The van der Waals surface area contributed by atoms with Crippen LogP contribution in [0, 0.1) is 5.82 Å². The molecule has 2 heterocycles. The van der Waals surface area contributed by atoms with E-state index in [2.05, 4.69) is 38.8 Å². The smallest absolute Gasteiger partial charge is 0.330 e. The molecule has 1 aromatic heterocycles. The summed E-state index contributed by atoms with van der Waals surface area (Å²) in [4.78, 5) is 28.8. The van der Waals surface area contributed by atoms with Crippen molar-refractivity contribution < 1.29 is 36.6 Å². The van der Waals surface area contributed by atoms with Gasteiger partial charge in [0.15, 0.2) is 29.0 Å². The van der Waals surface area contributed by atoms with Gasteiger partial charge in [-0.15, -0.1) is 0 Å². The van der Waals surface area contributed by atoms with Gasteiger partial charge in [0.25, 0.3) is 5.56 Å². The summed E-state index contributed by atoms with van der Waals surface area (Å²) in [5.41, 5.74) is -3.34. The Bertz CT molecular complexity index is 2050. The molecule has 10 nitrogen and oxygen atoms in total. The highest BCUT2D eigenvalue weighted by Gasteiger charge is 2.62. The highest BCUT2D eigenvalue weighted by molar-refractivity contribution is 6.74. The van der Waals surface area contributed by atoms with E-state index in [0.717, 1.165) is 5.56 Å². The van der Waals surface area contributed by atoms with E-state index in [-0.39, 0.29) is 18.3 Å². The van der Waals surface area contributed by atoms with Crippen LogP contribution in [-0.4, -0.2) is 71.5 Å². The van der Waals surface area contributed by atoms with Crippen LogP contribution in [0.4, 0.5) is 8.78 Å². The summed E-state index contributed by atoms with van der Waals surface area (Å²) in [5, 5.41) is -0.667. The van der Waals surface area contributed by atoms with Crippen molar-refractivity contribution in [3.8, 4) is 11.5 Å². The Kier molecular flexibility index (Phi) is 12.7. The molecule has 4 atom stereocenters. The number of ether oxygens (including phenoxy) is 4. The van der Waals surface area contributed by atoms with Crippen molar-refractivity contribution in [3.05, 3.63) is 128 Å². The number of benzene rings is 3. The largest absolute Gasteiger partial charge is 0.497 e. The lowest BCUT2D eigenvalue weighted by Crippen LogP contribution is -2.59. The van der Waals surface area contributed by atoms with Gasteiger partial charge in [0, 0.05) is 6.20 Å². The SMILES string of the molecule is COc1ccc(C(OC[C@]2(CO[Si](C)(C)C(C)(C)C)O[C@@H](n3c(=O)[nH]cc(F)c3=O)[C@@H](F)[C@@H]2O[Si](C)(C)C(C)(C)C)(c2ccccc2)c2ccc(OC)cc2)cc1. The summed E-state index contributed by atoms with van der Waals surface area (Å²) in [7, 11) is -2.30. The van der Waals surface area contributed by atoms with Crippen molar-refractivity contribution in [1.29, 1.82) is 0 Å². The Balaban J connectivity index is 1.80. The molecular weight excluding hydrogens is 767 g/mol. The van der Waals surface area contributed by atoms with Crippen molar-refractivity contribution in [2.24, 2.45) is 0 Å². The Morgan fingerprint density at radius 2 is 1.25 bits per heavy atom. The van der Waals surface area contributed by atoms with Gasteiger partial charge in [0.1, 0.15) is 28.8 Å². The third-order valence-electron chi connectivity index (χ3n) is 12.1. The van der Waals surface area contributed by atoms with Gasteiger partial charge in [0.2, 0.25) is 5.82 Å². The second-order valence-corrected chi connectivity index (χ2v) is 27.3. The molecule has 57 heavy (non-hydrogen) atoms. The van der Waals surface area contributed by atoms with Crippen LogP contribution in [-0.2, 0) is 23.9 Å². The molecule has 0 bridgehead atoms. The minimum Gasteiger partial charge on any atom is -0.497 e. The van der Waals surface area contributed by atoms with Crippen LogP contribution in [0.1, 0.15) is 64.5 Å². The molecule has 0 spiro atoms. The van der Waals surface area contributed by atoms with Gasteiger partial charge >= 0.3 is 5.69 Å². The van der Waals surface area contributed by atoms with Crippen LogP contribution in [0.25, 0.3) is 0 Å². The predicted octanol–water partition coefficient (Wildman–Crippen LogP) is 8.72. The molecule has 0 amide bonds. The zero-order valence-electron chi connectivity index (χ0n) is 35.2. The molecule has 0 unspecified atom stereocenters. The number of rotatable bonds is 14. The van der Waals surface area contributed by atoms with E-state index >= 15 is 4.39 Å². The van der Waals surface area contributed by atoms with Crippen molar-refractivity contribution in [2.75, 3.05) is 27.4 Å². The Morgan fingerprint density at radius 1 is 0.754 bits per heavy atom. The molecule has 4 aromatic rings. The number of aromatic amines is 1. The first-order valence-corrected chi connectivity index (χ1v) is 25.0. The van der Waals surface area contributed by atoms with E-state index in [4.69, 9.17) is 27.8 Å². The van der Waals surface area contributed by atoms with E-state index in [1.54, 1.807) is 14.2 Å². The number of aromatic nitrogens is 2. The van der Waals surface area contributed by atoms with E-state index in [0.29, 0.717) is 33.4 Å². The molecule has 5 rings (SSSR count). The Hall–Kier alpha value is -3.93. The summed E-state index contributed by atoms with van der Waals surface area (Å²) in [5.74, 6) is -0.00308. The number of methoxy groups -OCH3 is 2. The number of nitrogens with one attached hydrogen (secondary N) is 1. The fourth-order valence-electron chi connectivity index (χ4n) is 6.47. The third kappa shape index (κ3) is 8.62. The van der Waals surface area contributed by atoms with E-state index < -0.39 is 68.4 Å². The number of nitrogens with zero attached hydrogens (tertiary/aromatic N) is 1. The van der Waals surface area contributed by atoms with Gasteiger partial charge in [-0.1, -0.05) is 96.1 Å².